The summed E-state index contributed by atoms with van der Waals surface area (Å²) in [5.41, 5.74) is 1.33. The van der Waals surface area contributed by atoms with E-state index in [0.717, 1.165) is 11.3 Å². The third kappa shape index (κ3) is 5.40. The molecule has 30 heavy (non-hydrogen) atoms. The Morgan fingerprint density at radius 3 is 2.57 bits per heavy atom. The van der Waals surface area contributed by atoms with E-state index in [1.165, 1.54) is 11.8 Å². The fourth-order valence-corrected chi connectivity index (χ4v) is 4.15. The number of amides is 1. The van der Waals surface area contributed by atoms with Crippen LogP contribution in [0.5, 0.6) is 5.75 Å². The minimum Gasteiger partial charge on any atom is -0.482 e. The van der Waals surface area contributed by atoms with E-state index >= 15 is 0 Å². The maximum absolute atomic E-state index is 12.3. The number of aryl methyl sites for hydroxylation is 1. The first-order chi connectivity index (χ1) is 14.3. The Bertz CT molecular complexity index is 1050. The summed E-state index contributed by atoms with van der Waals surface area (Å²) >= 11 is 19.4. The highest BCUT2D eigenvalue weighted by atomic mass is 35.5. The molecule has 2 aromatic carbocycles. The Hall–Kier alpha value is -1.93. The van der Waals surface area contributed by atoms with Crippen molar-refractivity contribution in [1.82, 2.24) is 14.8 Å². The fraction of sp³-hybridized carbons (Fsp3) is 0.250. The molecule has 1 N–H and O–H groups in total. The number of thioether (sulfide) groups is 1. The number of para-hydroxylation sites is 1. The number of benzene rings is 2. The number of hydrogen-bond acceptors (Lipinski definition) is 5. The summed E-state index contributed by atoms with van der Waals surface area (Å²) in [6.45, 7) is 3.81. The van der Waals surface area contributed by atoms with Gasteiger partial charge in [0.2, 0.25) is 5.91 Å². The molecule has 0 saturated heterocycles. The molecule has 0 aliphatic heterocycles. The van der Waals surface area contributed by atoms with Crippen LogP contribution in [0.4, 0.5) is 5.69 Å². The van der Waals surface area contributed by atoms with Crippen molar-refractivity contribution >= 4 is 58.2 Å². The molecule has 1 aromatic heterocycles. The number of nitrogens with zero attached hydrogens (tertiary/aromatic N) is 3. The molecule has 1 unspecified atom stereocenters. The van der Waals surface area contributed by atoms with E-state index in [0.29, 0.717) is 31.7 Å². The Labute approximate surface area is 193 Å². The van der Waals surface area contributed by atoms with Crippen LogP contribution in [0.15, 0.2) is 41.6 Å². The first kappa shape index (κ1) is 22.7. The van der Waals surface area contributed by atoms with E-state index in [-0.39, 0.29) is 17.8 Å². The predicted molar refractivity (Wildman–Crippen MR) is 122 cm³/mol. The molecule has 1 amide bonds. The molecule has 0 bridgehead atoms. The number of halogens is 3. The van der Waals surface area contributed by atoms with Gasteiger partial charge in [-0.3, -0.25) is 4.79 Å². The first-order valence-corrected chi connectivity index (χ1v) is 11.1. The van der Waals surface area contributed by atoms with Crippen molar-refractivity contribution < 1.29 is 9.53 Å². The number of rotatable bonds is 7. The van der Waals surface area contributed by atoms with Gasteiger partial charge in [0.05, 0.1) is 21.5 Å². The highest BCUT2D eigenvalue weighted by molar-refractivity contribution is 7.99. The van der Waals surface area contributed by atoms with Crippen molar-refractivity contribution in [2.75, 3.05) is 11.1 Å². The molecule has 3 aromatic rings. The third-order valence-electron chi connectivity index (χ3n) is 4.23. The van der Waals surface area contributed by atoms with Gasteiger partial charge in [-0.15, -0.1) is 10.2 Å². The maximum atomic E-state index is 12.3. The smallest absolute Gasteiger partial charge is 0.234 e. The minimum atomic E-state index is -0.340. The topological polar surface area (TPSA) is 69.0 Å². The molecule has 1 atom stereocenters. The SMILES string of the molecule is Cc1cc(Cl)ccc1OC(C)c1nnc(SCC(=O)Nc2c(Cl)cccc2Cl)n1C. The van der Waals surface area contributed by atoms with Crippen molar-refractivity contribution in [2.45, 2.75) is 25.1 Å². The van der Waals surface area contributed by atoms with Crippen molar-refractivity contribution in [3.8, 4) is 5.75 Å². The molecule has 0 radical (unpaired) electrons. The molecular weight excluding hydrogens is 467 g/mol. The van der Waals surface area contributed by atoms with Crippen molar-refractivity contribution in [3.63, 3.8) is 0 Å². The van der Waals surface area contributed by atoms with E-state index in [1.54, 1.807) is 28.8 Å². The van der Waals surface area contributed by atoms with Gasteiger partial charge in [0.15, 0.2) is 17.1 Å². The second-order valence-electron chi connectivity index (χ2n) is 6.50. The van der Waals surface area contributed by atoms with Gasteiger partial charge < -0.3 is 14.6 Å². The first-order valence-electron chi connectivity index (χ1n) is 8.95. The average Bonchev–Trinajstić information content (AvgIpc) is 3.06. The summed E-state index contributed by atoms with van der Waals surface area (Å²) in [7, 11) is 1.83. The number of ether oxygens (including phenoxy) is 1. The average molecular weight is 486 g/mol. The van der Waals surface area contributed by atoms with Crippen LogP contribution in [-0.2, 0) is 11.8 Å². The largest absolute Gasteiger partial charge is 0.482 e. The van der Waals surface area contributed by atoms with Gasteiger partial charge in [-0.25, -0.2) is 0 Å². The molecule has 1 heterocycles. The van der Waals surface area contributed by atoms with E-state index < -0.39 is 0 Å². The van der Waals surface area contributed by atoms with Gasteiger partial charge in [0.1, 0.15) is 5.75 Å². The zero-order valence-electron chi connectivity index (χ0n) is 16.4. The van der Waals surface area contributed by atoms with Crippen LogP contribution < -0.4 is 10.1 Å². The van der Waals surface area contributed by atoms with Crippen molar-refractivity contribution in [1.29, 1.82) is 0 Å². The van der Waals surface area contributed by atoms with Gasteiger partial charge in [-0.05, 0) is 49.7 Å². The second kappa shape index (κ2) is 9.92. The highest BCUT2D eigenvalue weighted by Gasteiger charge is 2.19. The molecule has 3 rings (SSSR count). The van der Waals surface area contributed by atoms with E-state index in [2.05, 4.69) is 15.5 Å². The van der Waals surface area contributed by atoms with Crippen LogP contribution in [0.25, 0.3) is 0 Å². The van der Waals surface area contributed by atoms with Crippen LogP contribution >= 0.6 is 46.6 Å². The standard InChI is InChI=1S/C20H19Cl3N4O2S/c1-11-9-13(21)7-8-16(11)29-12(2)19-25-26-20(27(19)3)30-10-17(28)24-18-14(22)5-4-6-15(18)23/h4-9,12H,10H2,1-3H3,(H,24,28). The number of anilines is 1. The van der Waals surface area contributed by atoms with Gasteiger partial charge in [-0.1, -0.05) is 52.6 Å². The minimum absolute atomic E-state index is 0.124. The summed E-state index contributed by atoms with van der Waals surface area (Å²) in [6, 6.07) is 10.5. The van der Waals surface area contributed by atoms with Crippen molar-refractivity contribution in [3.05, 3.63) is 62.9 Å². The van der Waals surface area contributed by atoms with Crippen LogP contribution in [0.2, 0.25) is 15.1 Å². The Balaban J connectivity index is 1.63. The third-order valence-corrected chi connectivity index (χ3v) is 6.12. The van der Waals surface area contributed by atoms with Gasteiger partial charge in [0.25, 0.3) is 0 Å². The van der Waals surface area contributed by atoms with Crippen molar-refractivity contribution in [2.24, 2.45) is 7.05 Å². The highest BCUT2D eigenvalue weighted by Crippen LogP contribution is 2.31. The lowest BCUT2D eigenvalue weighted by Crippen LogP contribution is -2.15. The molecule has 0 fully saturated rings. The summed E-state index contributed by atoms with van der Waals surface area (Å²) in [6.07, 6.45) is -0.340. The summed E-state index contributed by atoms with van der Waals surface area (Å²) in [5, 5.41) is 13.1. The number of aromatic nitrogens is 3. The van der Waals surface area contributed by atoms with Crippen LogP contribution in [0.3, 0.4) is 0 Å². The molecule has 10 heteroatoms. The van der Waals surface area contributed by atoms with Crippen LogP contribution in [0.1, 0.15) is 24.4 Å². The number of hydrogen-bond donors (Lipinski definition) is 1. The quantitative estimate of drug-likeness (QED) is 0.418. The molecular formula is C20H19Cl3N4O2S. The van der Waals surface area contributed by atoms with E-state index in [9.17, 15) is 4.79 Å². The molecule has 0 aliphatic carbocycles. The molecule has 6 nitrogen and oxygen atoms in total. The summed E-state index contributed by atoms with van der Waals surface area (Å²) < 4.78 is 7.81. The lowest BCUT2D eigenvalue weighted by atomic mass is 10.2. The zero-order chi connectivity index (χ0) is 21.8. The predicted octanol–water partition coefficient (Wildman–Crippen LogP) is 5.95. The van der Waals surface area contributed by atoms with Crippen LogP contribution in [0, 0.1) is 6.92 Å². The molecule has 158 valence electrons. The monoisotopic (exact) mass is 484 g/mol. The second-order valence-corrected chi connectivity index (χ2v) is 8.70. The zero-order valence-corrected chi connectivity index (χ0v) is 19.5. The lowest BCUT2D eigenvalue weighted by Gasteiger charge is -2.16. The van der Waals surface area contributed by atoms with Crippen LogP contribution in [-0.4, -0.2) is 26.4 Å². The van der Waals surface area contributed by atoms with E-state index in [1.807, 2.05) is 33.0 Å². The maximum Gasteiger partial charge on any atom is 0.234 e. The normalized spacial score (nSPS) is 11.9. The Kier molecular flexibility index (Phi) is 7.52. The Morgan fingerprint density at radius 2 is 1.90 bits per heavy atom. The summed E-state index contributed by atoms with van der Waals surface area (Å²) in [5.74, 6) is 1.24. The molecule has 0 saturated carbocycles. The number of carbonyl (C=O) groups excluding carboxylic acids is 1. The van der Waals surface area contributed by atoms with Gasteiger partial charge >= 0.3 is 0 Å². The lowest BCUT2D eigenvalue weighted by molar-refractivity contribution is -0.113. The number of nitrogens with one attached hydrogen (secondary N) is 1. The van der Waals surface area contributed by atoms with Gasteiger partial charge in [-0.2, -0.15) is 0 Å². The Morgan fingerprint density at radius 1 is 1.20 bits per heavy atom. The number of carbonyl (C=O) groups is 1. The van der Waals surface area contributed by atoms with E-state index in [4.69, 9.17) is 39.5 Å². The fourth-order valence-electron chi connectivity index (χ4n) is 2.72. The van der Waals surface area contributed by atoms with Gasteiger partial charge in [0, 0.05) is 12.1 Å². The molecule has 0 spiro atoms. The summed E-state index contributed by atoms with van der Waals surface area (Å²) in [4.78, 5) is 12.3. The molecule has 0 aliphatic rings.